The van der Waals surface area contributed by atoms with Crippen molar-refractivity contribution in [3.63, 3.8) is 0 Å². The number of rotatable bonds is 6. The highest BCUT2D eigenvalue weighted by molar-refractivity contribution is 6.33. The van der Waals surface area contributed by atoms with Gasteiger partial charge in [-0.3, -0.25) is 4.79 Å². The number of nitrogens with one attached hydrogen (secondary N) is 2. The van der Waals surface area contributed by atoms with Gasteiger partial charge in [-0.15, -0.1) is 0 Å². The van der Waals surface area contributed by atoms with Crippen molar-refractivity contribution >= 4 is 34.5 Å². The Hall–Kier alpha value is -2.99. The van der Waals surface area contributed by atoms with Crippen LogP contribution in [0.1, 0.15) is 40.9 Å². The molecule has 2 saturated heterocycles. The summed E-state index contributed by atoms with van der Waals surface area (Å²) in [5.41, 5.74) is 2.63. The van der Waals surface area contributed by atoms with Crippen LogP contribution in [0.15, 0.2) is 18.2 Å². The molecule has 10 nitrogen and oxygen atoms in total. The number of aryl methyl sites for hydroxylation is 1. The zero-order chi connectivity index (χ0) is 25.8. The van der Waals surface area contributed by atoms with E-state index in [1.165, 1.54) is 6.07 Å². The highest BCUT2D eigenvalue weighted by Gasteiger charge is 2.48. The third kappa shape index (κ3) is 4.29. The van der Waals surface area contributed by atoms with E-state index in [9.17, 15) is 9.90 Å². The Labute approximate surface area is 217 Å². The number of halogens is 2. The lowest BCUT2D eigenvalue weighted by Gasteiger charge is -2.18. The Morgan fingerprint density at radius 2 is 2.11 bits per heavy atom. The molecule has 0 saturated carbocycles. The van der Waals surface area contributed by atoms with Crippen molar-refractivity contribution in [1.82, 2.24) is 19.9 Å². The normalized spacial score (nSPS) is 26.4. The second kappa shape index (κ2) is 9.39. The summed E-state index contributed by atoms with van der Waals surface area (Å²) < 4.78 is 32.3. The van der Waals surface area contributed by atoms with Gasteiger partial charge in [-0.2, -0.15) is 4.98 Å². The molecule has 2 fully saturated rings. The minimum Gasteiger partial charge on any atom is -0.456 e. The first-order valence-corrected chi connectivity index (χ1v) is 12.7. The minimum atomic E-state index is -0.668. The number of fused-ring (bicyclic) bond motifs is 3. The van der Waals surface area contributed by atoms with Gasteiger partial charge in [0.2, 0.25) is 0 Å². The van der Waals surface area contributed by atoms with Crippen LogP contribution in [0.2, 0.25) is 5.02 Å². The van der Waals surface area contributed by atoms with Crippen LogP contribution in [0.3, 0.4) is 0 Å². The van der Waals surface area contributed by atoms with Crippen molar-refractivity contribution in [2.45, 2.75) is 50.2 Å². The number of imidazole rings is 1. The molecule has 0 bridgehead atoms. The zero-order valence-corrected chi connectivity index (χ0v) is 21.1. The molecule has 2 aromatic heterocycles. The lowest BCUT2D eigenvalue weighted by molar-refractivity contribution is 0.00706. The summed E-state index contributed by atoms with van der Waals surface area (Å²) in [5, 5.41) is 13.5. The van der Waals surface area contributed by atoms with Gasteiger partial charge in [-0.25, -0.2) is 9.37 Å². The average molecular weight is 532 g/mol. The predicted octanol–water partition coefficient (Wildman–Crippen LogP) is 2.85. The number of aliphatic hydroxyl groups is 1. The number of amides is 1. The third-order valence-corrected chi connectivity index (χ3v) is 7.58. The standard InChI is InChI=1S/C25H27ClFN5O5/c1-3-32(2)24(34)12-6-11-4-5-15(19(11)14(27)7-12)28-22-13(26)8-16-23(30-22)31-25(29-16)37-18-10-36-20-17(33)9-35-21(18)20/h6-8,15,17-18,20-21,33H,3-5,9-10H2,1-2H3,(H2,28,29,30,31)/t15?,17-,18-,20-,21-/m1/s1. The topological polar surface area (TPSA) is 122 Å². The molecule has 1 unspecified atom stereocenters. The first-order chi connectivity index (χ1) is 17.8. The largest absolute Gasteiger partial charge is 0.456 e. The van der Waals surface area contributed by atoms with Crippen molar-refractivity contribution in [2.24, 2.45) is 0 Å². The van der Waals surface area contributed by atoms with Gasteiger partial charge in [0.1, 0.15) is 29.9 Å². The number of carbonyl (C=O) groups excluding carboxylic acids is 1. The molecule has 1 aromatic carbocycles. The number of H-pyrrole nitrogens is 1. The predicted molar refractivity (Wildman–Crippen MR) is 133 cm³/mol. The van der Waals surface area contributed by atoms with Gasteiger partial charge in [0, 0.05) is 24.7 Å². The van der Waals surface area contributed by atoms with Gasteiger partial charge in [-0.05, 0) is 43.5 Å². The van der Waals surface area contributed by atoms with Gasteiger partial charge in [0.25, 0.3) is 11.9 Å². The number of carbonyl (C=O) groups is 1. The Morgan fingerprint density at radius 3 is 2.92 bits per heavy atom. The van der Waals surface area contributed by atoms with E-state index in [1.54, 1.807) is 24.1 Å². The number of aromatic nitrogens is 3. The Bertz CT molecular complexity index is 1370. The quantitative estimate of drug-likeness (QED) is 0.444. The molecule has 1 amide bonds. The van der Waals surface area contributed by atoms with Gasteiger partial charge >= 0.3 is 0 Å². The molecular formula is C25H27ClFN5O5. The van der Waals surface area contributed by atoms with Gasteiger partial charge in [-0.1, -0.05) is 11.6 Å². The number of aromatic amines is 1. The maximum Gasteiger partial charge on any atom is 0.296 e. The Kier molecular flexibility index (Phi) is 6.18. The van der Waals surface area contributed by atoms with E-state index in [1.807, 2.05) is 6.92 Å². The number of hydrogen-bond acceptors (Lipinski definition) is 8. The summed E-state index contributed by atoms with van der Waals surface area (Å²) in [6.07, 6.45) is -0.596. The summed E-state index contributed by atoms with van der Waals surface area (Å²) >= 11 is 6.51. The fourth-order valence-electron chi connectivity index (χ4n) is 5.25. The van der Waals surface area contributed by atoms with E-state index in [0.29, 0.717) is 52.5 Å². The molecule has 2 aliphatic heterocycles. The lowest BCUT2D eigenvalue weighted by Crippen LogP contribution is -2.34. The number of benzene rings is 1. The summed E-state index contributed by atoms with van der Waals surface area (Å²) in [4.78, 5) is 26.1. The van der Waals surface area contributed by atoms with Crippen LogP contribution in [0.4, 0.5) is 10.2 Å². The van der Waals surface area contributed by atoms with E-state index in [2.05, 4.69) is 20.3 Å². The Morgan fingerprint density at radius 1 is 1.30 bits per heavy atom. The number of aliphatic hydroxyl groups excluding tert-OH is 1. The van der Waals surface area contributed by atoms with Crippen molar-refractivity contribution in [1.29, 1.82) is 0 Å². The molecule has 5 atom stereocenters. The monoisotopic (exact) mass is 531 g/mol. The third-order valence-electron chi connectivity index (χ3n) is 7.29. The van der Waals surface area contributed by atoms with Gasteiger partial charge < -0.3 is 34.5 Å². The highest BCUT2D eigenvalue weighted by Crippen LogP contribution is 2.38. The number of anilines is 1. The number of pyridine rings is 1. The van der Waals surface area contributed by atoms with Gasteiger partial charge in [0.05, 0.1) is 29.8 Å². The fourth-order valence-corrected chi connectivity index (χ4v) is 5.46. The van der Waals surface area contributed by atoms with Crippen LogP contribution < -0.4 is 10.1 Å². The number of ether oxygens (including phenoxy) is 3. The van der Waals surface area contributed by atoms with E-state index < -0.39 is 24.1 Å². The lowest BCUT2D eigenvalue weighted by atomic mass is 10.0. The molecular weight excluding hydrogens is 505 g/mol. The summed E-state index contributed by atoms with van der Waals surface area (Å²) in [6.45, 7) is 2.90. The van der Waals surface area contributed by atoms with E-state index >= 15 is 4.39 Å². The fraction of sp³-hybridized carbons (Fsp3) is 0.480. The minimum absolute atomic E-state index is 0.206. The zero-order valence-electron chi connectivity index (χ0n) is 20.3. The second-order valence-electron chi connectivity index (χ2n) is 9.64. The van der Waals surface area contributed by atoms with Crippen molar-refractivity contribution in [3.8, 4) is 6.01 Å². The molecule has 6 rings (SSSR count). The molecule has 1 aliphatic carbocycles. The molecule has 4 heterocycles. The van der Waals surface area contributed by atoms with Crippen LogP contribution in [0, 0.1) is 5.82 Å². The first kappa shape index (κ1) is 24.4. The maximum absolute atomic E-state index is 15.2. The van der Waals surface area contributed by atoms with E-state index in [4.69, 9.17) is 25.8 Å². The highest BCUT2D eigenvalue weighted by atomic mass is 35.5. The van der Waals surface area contributed by atoms with Crippen LogP contribution in [0.25, 0.3) is 11.2 Å². The number of nitrogens with zero attached hydrogens (tertiary/aromatic N) is 3. The molecule has 3 aliphatic rings. The number of hydrogen-bond donors (Lipinski definition) is 3. The maximum atomic E-state index is 15.2. The average Bonchev–Trinajstić information content (AvgIpc) is 3.65. The van der Waals surface area contributed by atoms with E-state index in [-0.39, 0.29) is 37.3 Å². The smallest absolute Gasteiger partial charge is 0.296 e. The van der Waals surface area contributed by atoms with Crippen molar-refractivity contribution in [3.05, 3.63) is 45.7 Å². The Balaban J connectivity index is 1.21. The summed E-state index contributed by atoms with van der Waals surface area (Å²) in [5.74, 6) is -0.256. The van der Waals surface area contributed by atoms with Crippen molar-refractivity contribution < 1.29 is 28.5 Å². The molecule has 196 valence electrons. The van der Waals surface area contributed by atoms with E-state index in [0.717, 1.165) is 5.56 Å². The first-order valence-electron chi connectivity index (χ1n) is 12.3. The summed E-state index contributed by atoms with van der Waals surface area (Å²) in [6, 6.07) is 4.65. The van der Waals surface area contributed by atoms with Gasteiger partial charge in [0.15, 0.2) is 11.8 Å². The molecule has 3 N–H and O–H groups in total. The molecule has 3 aromatic rings. The molecule has 12 heteroatoms. The van der Waals surface area contributed by atoms with Crippen LogP contribution in [0.5, 0.6) is 6.01 Å². The molecule has 0 spiro atoms. The second-order valence-corrected chi connectivity index (χ2v) is 10.0. The van der Waals surface area contributed by atoms with Crippen LogP contribution >= 0.6 is 11.6 Å². The molecule has 0 radical (unpaired) electrons. The van der Waals surface area contributed by atoms with Crippen molar-refractivity contribution in [2.75, 3.05) is 32.1 Å². The molecule has 37 heavy (non-hydrogen) atoms. The summed E-state index contributed by atoms with van der Waals surface area (Å²) in [7, 11) is 1.69. The van der Waals surface area contributed by atoms with Crippen LogP contribution in [-0.4, -0.2) is 82.1 Å². The SMILES string of the molecule is CCN(C)C(=O)c1cc(F)c2c(c1)CCC2Nc1nc2nc(O[C@@H]3CO[C@H]4[C@@H]3OC[C@H]4O)[nH]c2cc1Cl. The van der Waals surface area contributed by atoms with Crippen LogP contribution in [-0.2, 0) is 15.9 Å².